The van der Waals surface area contributed by atoms with Gasteiger partial charge in [0.25, 0.3) is 0 Å². The fourth-order valence-corrected chi connectivity index (χ4v) is 4.63. The van der Waals surface area contributed by atoms with Crippen molar-refractivity contribution in [2.45, 2.75) is 77.6 Å². The van der Waals surface area contributed by atoms with Crippen molar-refractivity contribution >= 4 is 12.0 Å². The minimum absolute atomic E-state index is 0.208. The average Bonchev–Trinajstić information content (AvgIpc) is 2.68. The van der Waals surface area contributed by atoms with Gasteiger partial charge in [-0.3, -0.25) is 0 Å². The topological polar surface area (TPSA) is 37.3 Å². The number of carbonyl (C=O) groups is 1. The Labute approximate surface area is 182 Å². The third-order valence-electron chi connectivity index (χ3n) is 6.71. The van der Waals surface area contributed by atoms with Crippen LogP contribution in [0, 0.1) is 5.92 Å². The van der Waals surface area contributed by atoms with Gasteiger partial charge in [0.1, 0.15) is 0 Å². The molecule has 2 heteroatoms. The molecule has 0 bridgehead atoms. The summed E-state index contributed by atoms with van der Waals surface area (Å²) in [6.07, 6.45) is 7.96. The van der Waals surface area contributed by atoms with Gasteiger partial charge < -0.3 is 5.11 Å². The summed E-state index contributed by atoms with van der Waals surface area (Å²) < 4.78 is 0. The summed E-state index contributed by atoms with van der Waals surface area (Å²) in [5.74, 6) is 0.0487. The number of hydrogen-bond acceptors (Lipinski definition) is 1. The summed E-state index contributed by atoms with van der Waals surface area (Å²) in [5, 5.41) is 9.10. The summed E-state index contributed by atoms with van der Waals surface area (Å²) in [6, 6.07) is 14.3. The molecule has 1 aliphatic rings. The van der Waals surface area contributed by atoms with E-state index in [4.69, 9.17) is 5.11 Å². The summed E-state index contributed by atoms with van der Waals surface area (Å²) in [6.45, 7) is 14.0. The lowest BCUT2D eigenvalue weighted by Gasteiger charge is -2.42. The van der Waals surface area contributed by atoms with E-state index in [-0.39, 0.29) is 10.8 Å². The Morgan fingerprint density at radius 1 is 0.967 bits per heavy atom. The minimum Gasteiger partial charge on any atom is -0.478 e. The lowest BCUT2D eigenvalue weighted by atomic mass is 9.62. The molecule has 0 saturated heterocycles. The van der Waals surface area contributed by atoms with E-state index in [1.54, 1.807) is 12.1 Å². The Morgan fingerprint density at radius 3 is 2.13 bits per heavy atom. The Balaban J connectivity index is 1.95. The van der Waals surface area contributed by atoms with Gasteiger partial charge in [0.15, 0.2) is 0 Å². The van der Waals surface area contributed by atoms with Gasteiger partial charge in [-0.15, -0.1) is 0 Å². The molecule has 1 aliphatic carbocycles. The van der Waals surface area contributed by atoms with Crippen molar-refractivity contribution in [2.24, 2.45) is 5.92 Å². The van der Waals surface area contributed by atoms with E-state index in [0.29, 0.717) is 17.4 Å². The molecule has 0 saturated carbocycles. The number of carboxylic acids is 1. The summed E-state index contributed by atoms with van der Waals surface area (Å²) in [4.78, 5) is 11.1. The highest BCUT2D eigenvalue weighted by molar-refractivity contribution is 5.87. The maximum Gasteiger partial charge on any atom is 0.335 e. The molecular weight excluding hydrogens is 368 g/mol. The fourth-order valence-electron chi connectivity index (χ4n) is 4.63. The highest BCUT2D eigenvalue weighted by atomic mass is 16.4. The maximum atomic E-state index is 11.1. The van der Waals surface area contributed by atoms with Gasteiger partial charge in [-0.2, -0.15) is 0 Å². The van der Waals surface area contributed by atoms with E-state index in [1.807, 2.05) is 12.1 Å². The van der Waals surface area contributed by atoms with Crippen LogP contribution in [-0.2, 0) is 10.8 Å². The second kappa shape index (κ2) is 8.41. The maximum absolute atomic E-state index is 11.1. The molecule has 2 aromatic carbocycles. The largest absolute Gasteiger partial charge is 0.478 e. The smallest absolute Gasteiger partial charge is 0.335 e. The van der Waals surface area contributed by atoms with Crippen molar-refractivity contribution in [1.29, 1.82) is 0 Å². The standard InChI is InChI=1S/C28H36O2/c1-19(2)17-22(12-9-20-7-10-21(11-8-20)26(29)30)23-13-14-24-25(18-23)28(5,6)16-15-27(24,3)4/h7-14,18-19,22H,15-17H2,1-6H3,(H,29,30). The van der Waals surface area contributed by atoms with Gasteiger partial charge in [-0.1, -0.05) is 84.0 Å². The van der Waals surface area contributed by atoms with Gasteiger partial charge in [-0.25, -0.2) is 4.79 Å². The third kappa shape index (κ3) is 4.86. The Bertz CT molecular complexity index is 930. The second-order valence-corrected chi connectivity index (χ2v) is 10.6. The highest BCUT2D eigenvalue weighted by Crippen LogP contribution is 2.46. The van der Waals surface area contributed by atoms with Gasteiger partial charge in [-0.05, 0) is 70.4 Å². The van der Waals surface area contributed by atoms with Crippen molar-refractivity contribution < 1.29 is 9.90 Å². The van der Waals surface area contributed by atoms with Crippen LogP contribution in [0.2, 0.25) is 0 Å². The first-order valence-corrected chi connectivity index (χ1v) is 11.2. The van der Waals surface area contributed by atoms with E-state index in [2.05, 4.69) is 71.9 Å². The van der Waals surface area contributed by atoms with E-state index in [9.17, 15) is 4.79 Å². The van der Waals surface area contributed by atoms with Crippen LogP contribution in [-0.4, -0.2) is 11.1 Å². The molecule has 160 valence electrons. The first-order chi connectivity index (χ1) is 14.0. The lowest BCUT2D eigenvalue weighted by Crippen LogP contribution is -2.34. The molecule has 2 aromatic rings. The molecule has 0 heterocycles. The molecule has 1 atom stereocenters. The molecule has 0 fully saturated rings. The first kappa shape index (κ1) is 22.3. The van der Waals surface area contributed by atoms with Crippen LogP contribution in [0.3, 0.4) is 0 Å². The molecule has 0 amide bonds. The van der Waals surface area contributed by atoms with Crippen molar-refractivity contribution in [3.8, 4) is 0 Å². The van der Waals surface area contributed by atoms with Crippen LogP contribution in [0.1, 0.15) is 99.3 Å². The molecule has 30 heavy (non-hydrogen) atoms. The molecule has 1 unspecified atom stereocenters. The Morgan fingerprint density at radius 2 is 1.57 bits per heavy atom. The van der Waals surface area contributed by atoms with E-state index >= 15 is 0 Å². The lowest BCUT2D eigenvalue weighted by molar-refractivity contribution is 0.0697. The predicted molar refractivity (Wildman–Crippen MR) is 126 cm³/mol. The van der Waals surface area contributed by atoms with Crippen LogP contribution < -0.4 is 0 Å². The number of allylic oxidation sites excluding steroid dienone is 1. The van der Waals surface area contributed by atoms with E-state index < -0.39 is 5.97 Å². The van der Waals surface area contributed by atoms with E-state index in [0.717, 1.165) is 12.0 Å². The quantitative estimate of drug-likeness (QED) is 0.539. The minimum atomic E-state index is -0.886. The van der Waals surface area contributed by atoms with Crippen molar-refractivity contribution in [3.63, 3.8) is 0 Å². The molecule has 3 rings (SSSR count). The van der Waals surface area contributed by atoms with Gasteiger partial charge in [0, 0.05) is 5.92 Å². The normalized spacial score (nSPS) is 18.4. The Hall–Kier alpha value is -2.35. The Kier molecular flexibility index (Phi) is 6.26. The number of carboxylic acid groups (broad SMARTS) is 1. The summed E-state index contributed by atoms with van der Waals surface area (Å²) in [7, 11) is 0. The molecule has 0 aromatic heterocycles. The van der Waals surface area contributed by atoms with Gasteiger partial charge in [0.2, 0.25) is 0 Å². The zero-order valence-corrected chi connectivity index (χ0v) is 19.3. The highest BCUT2D eigenvalue weighted by Gasteiger charge is 2.37. The zero-order chi connectivity index (χ0) is 22.1. The summed E-state index contributed by atoms with van der Waals surface area (Å²) in [5.41, 5.74) is 6.19. The molecule has 0 aliphatic heterocycles. The SMILES string of the molecule is CC(C)CC(C=Cc1ccc(C(=O)O)cc1)c1ccc2c(c1)C(C)(C)CCC2(C)C. The van der Waals surface area contributed by atoms with Crippen LogP contribution in [0.15, 0.2) is 48.5 Å². The first-order valence-electron chi connectivity index (χ1n) is 11.2. The fraction of sp³-hybridized carbons (Fsp3) is 0.464. The van der Waals surface area contributed by atoms with Crippen molar-refractivity contribution in [2.75, 3.05) is 0 Å². The van der Waals surface area contributed by atoms with Crippen LogP contribution in [0.25, 0.3) is 6.08 Å². The third-order valence-corrected chi connectivity index (χ3v) is 6.71. The summed E-state index contributed by atoms with van der Waals surface area (Å²) >= 11 is 0. The molecule has 2 nitrogen and oxygen atoms in total. The monoisotopic (exact) mass is 404 g/mol. The van der Waals surface area contributed by atoms with Gasteiger partial charge >= 0.3 is 5.97 Å². The number of benzene rings is 2. The molecule has 0 spiro atoms. The second-order valence-electron chi connectivity index (χ2n) is 10.6. The van der Waals surface area contributed by atoms with Crippen molar-refractivity contribution in [1.82, 2.24) is 0 Å². The van der Waals surface area contributed by atoms with Crippen molar-refractivity contribution in [3.05, 3.63) is 76.4 Å². The number of fused-ring (bicyclic) bond motifs is 1. The van der Waals surface area contributed by atoms with Crippen LogP contribution >= 0.6 is 0 Å². The number of hydrogen-bond donors (Lipinski definition) is 1. The average molecular weight is 405 g/mol. The van der Waals surface area contributed by atoms with Crippen LogP contribution in [0.4, 0.5) is 0 Å². The van der Waals surface area contributed by atoms with Crippen LogP contribution in [0.5, 0.6) is 0 Å². The molecular formula is C28H36O2. The number of rotatable bonds is 6. The van der Waals surface area contributed by atoms with Gasteiger partial charge in [0.05, 0.1) is 5.56 Å². The zero-order valence-electron chi connectivity index (χ0n) is 19.3. The molecule has 1 N–H and O–H groups in total. The molecule has 0 radical (unpaired) electrons. The number of aromatic carboxylic acids is 1. The van der Waals surface area contributed by atoms with E-state index in [1.165, 1.54) is 29.5 Å². The predicted octanol–water partition coefficient (Wildman–Crippen LogP) is 7.58.